The molecule has 4 heterocycles. The molecule has 360 valence electrons. The summed E-state index contributed by atoms with van der Waals surface area (Å²) in [6, 6.07) is 2.82. The number of amides is 2. The smallest absolute Gasteiger partial charge is 0.251 e. The van der Waals surface area contributed by atoms with Crippen molar-refractivity contribution in [3.63, 3.8) is 0 Å². The fourth-order valence-corrected chi connectivity index (χ4v) is 7.46. The number of nitrogens with two attached hydrogens (primary N) is 3. The summed E-state index contributed by atoms with van der Waals surface area (Å²) in [6.45, 7) is 3.71. The fourth-order valence-electron chi connectivity index (χ4n) is 7.46. The van der Waals surface area contributed by atoms with Gasteiger partial charge >= 0.3 is 0 Å². The summed E-state index contributed by atoms with van der Waals surface area (Å²) in [5.74, 6) is -0.739. The molecule has 19 atom stereocenters. The van der Waals surface area contributed by atoms with Crippen molar-refractivity contribution in [2.45, 2.75) is 150 Å². The fraction of sp³-hybridized carbons (Fsp3) is 0.795. The van der Waals surface area contributed by atoms with Gasteiger partial charge in [0.25, 0.3) is 5.91 Å². The molecule has 4 fully saturated rings. The highest BCUT2D eigenvalue weighted by Crippen LogP contribution is 2.34. The first-order valence-electron chi connectivity index (χ1n) is 21.2. The van der Waals surface area contributed by atoms with Crippen LogP contribution in [0.2, 0.25) is 0 Å². The third-order valence-electron chi connectivity index (χ3n) is 11.3. The van der Waals surface area contributed by atoms with Crippen molar-refractivity contribution in [1.82, 2.24) is 16.0 Å². The van der Waals surface area contributed by atoms with Crippen LogP contribution in [0.3, 0.4) is 0 Å². The molecule has 24 heteroatoms. The summed E-state index contributed by atoms with van der Waals surface area (Å²) in [6.07, 6.45) is -21.7. The molecule has 4 aliphatic heterocycles. The molecule has 0 saturated carbocycles. The summed E-state index contributed by atoms with van der Waals surface area (Å²) < 4.78 is 46.2. The maximum absolute atomic E-state index is 12.6. The number of aliphatic hydroxyl groups is 8. The Labute approximate surface area is 364 Å². The van der Waals surface area contributed by atoms with Gasteiger partial charge in [-0.3, -0.25) is 9.59 Å². The van der Waals surface area contributed by atoms with Gasteiger partial charge in [-0.15, -0.1) is 0 Å². The number of hydrogen-bond donors (Lipinski definition) is 14. The molecule has 0 aromatic heterocycles. The van der Waals surface area contributed by atoms with Gasteiger partial charge < -0.3 is 112 Å². The quantitative estimate of drug-likeness (QED) is 0.0510. The van der Waals surface area contributed by atoms with E-state index < -0.39 is 142 Å². The molecule has 4 aliphatic rings. The molecule has 19 unspecified atom stereocenters. The Morgan fingerprint density at radius 3 is 2.02 bits per heavy atom. The van der Waals surface area contributed by atoms with Crippen LogP contribution in [0.15, 0.2) is 24.3 Å². The van der Waals surface area contributed by atoms with Gasteiger partial charge in [0.05, 0.1) is 44.1 Å². The van der Waals surface area contributed by atoms with E-state index in [1.54, 1.807) is 6.92 Å². The lowest BCUT2D eigenvalue weighted by atomic mass is 9.94. The number of ether oxygens (including phenoxy) is 8. The Kier molecular flexibility index (Phi) is 19.6. The van der Waals surface area contributed by atoms with E-state index in [4.69, 9.17) is 55.1 Å². The minimum Gasteiger partial charge on any atom is -0.462 e. The monoisotopic (exact) mass is 906 g/mol. The first-order valence-corrected chi connectivity index (χ1v) is 21.2. The lowest BCUT2D eigenvalue weighted by molar-refractivity contribution is -0.368. The van der Waals surface area contributed by atoms with Crippen molar-refractivity contribution in [2.24, 2.45) is 17.2 Å². The molecule has 2 amide bonds. The van der Waals surface area contributed by atoms with Gasteiger partial charge in [0, 0.05) is 12.1 Å². The van der Waals surface area contributed by atoms with Crippen molar-refractivity contribution in [3.8, 4) is 5.75 Å². The summed E-state index contributed by atoms with van der Waals surface area (Å²) in [4.78, 5) is 25.1. The third kappa shape index (κ3) is 13.0. The number of benzene rings is 1. The largest absolute Gasteiger partial charge is 0.462 e. The summed E-state index contributed by atoms with van der Waals surface area (Å²) >= 11 is 0. The van der Waals surface area contributed by atoms with Crippen LogP contribution >= 0.6 is 0 Å². The Bertz CT molecular complexity index is 1560. The normalized spacial score (nSPS) is 38.8. The van der Waals surface area contributed by atoms with Crippen LogP contribution in [0, 0.1) is 0 Å². The van der Waals surface area contributed by atoms with E-state index in [9.17, 15) is 50.4 Å². The summed E-state index contributed by atoms with van der Waals surface area (Å²) in [7, 11) is 0. The van der Waals surface area contributed by atoms with E-state index in [1.165, 1.54) is 31.2 Å². The molecule has 0 bridgehead atoms. The van der Waals surface area contributed by atoms with Gasteiger partial charge in [-0.1, -0.05) is 0 Å². The Hall–Kier alpha value is -2.80. The molecule has 63 heavy (non-hydrogen) atoms. The first-order chi connectivity index (χ1) is 30.1. The molecule has 0 spiro atoms. The van der Waals surface area contributed by atoms with Crippen LogP contribution in [0.1, 0.15) is 43.5 Å². The van der Waals surface area contributed by atoms with Crippen molar-refractivity contribution < 1.29 is 88.3 Å². The van der Waals surface area contributed by atoms with Gasteiger partial charge in [0.1, 0.15) is 72.8 Å². The van der Waals surface area contributed by atoms with Crippen molar-refractivity contribution in [2.75, 3.05) is 46.0 Å². The molecule has 4 saturated heterocycles. The maximum atomic E-state index is 12.6. The Morgan fingerprint density at radius 1 is 0.762 bits per heavy atom. The lowest BCUT2D eigenvalue weighted by Gasteiger charge is -2.48. The standard InChI is InChI=1S/C39H66N6O18/c1-17(41)34(54)45-25-26(49)24(42)18(2)57-36(25)62-32-22(14-46)59-38(28(51)27(32)50)61-31-21(48)16-56-37(29(31)52)63-33-23(15-47)60-39(30(33)53)58-20-8-6-19(7-9-20)35(55)44-13-5-12-43-11-4-3-10-40/h6-9,17-18,21-33,36-39,43,46-53H,3-5,10-16,40-42H2,1-2H3,(H,44,55)(H,45,54). The van der Waals surface area contributed by atoms with Gasteiger partial charge in [0.2, 0.25) is 12.2 Å². The second-order valence-corrected chi connectivity index (χ2v) is 16.1. The number of carbonyl (C=O) groups excluding carboxylic acids is 2. The topological polar surface area (TPSA) is 384 Å². The zero-order valence-electron chi connectivity index (χ0n) is 35.2. The minimum absolute atomic E-state index is 0.220. The van der Waals surface area contributed by atoms with Gasteiger partial charge in [0.15, 0.2) is 18.9 Å². The molecule has 1 aromatic carbocycles. The predicted octanol–water partition coefficient (Wildman–Crippen LogP) is -6.47. The van der Waals surface area contributed by atoms with E-state index >= 15 is 0 Å². The van der Waals surface area contributed by atoms with Crippen LogP contribution in [0.5, 0.6) is 5.75 Å². The lowest BCUT2D eigenvalue weighted by Crippen LogP contribution is -2.69. The van der Waals surface area contributed by atoms with Crippen molar-refractivity contribution in [3.05, 3.63) is 29.8 Å². The van der Waals surface area contributed by atoms with E-state index in [-0.39, 0.29) is 11.7 Å². The molecule has 0 aliphatic carbocycles. The van der Waals surface area contributed by atoms with E-state index in [0.29, 0.717) is 18.7 Å². The highest BCUT2D eigenvalue weighted by atomic mass is 16.8. The Morgan fingerprint density at radius 2 is 1.37 bits per heavy atom. The van der Waals surface area contributed by atoms with Crippen molar-refractivity contribution >= 4 is 11.8 Å². The molecule has 17 N–H and O–H groups in total. The number of aliphatic hydroxyl groups excluding tert-OH is 8. The van der Waals surface area contributed by atoms with Gasteiger partial charge in [-0.2, -0.15) is 0 Å². The van der Waals surface area contributed by atoms with Gasteiger partial charge in [-0.25, -0.2) is 0 Å². The summed E-state index contributed by atoms with van der Waals surface area (Å²) in [5.41, 5.74) is 17.6. The van der Waals surface area contributed by atoms with Crippen LogP contribution in [-0.2, 0) is 38.0 Å². The molecular weight excluding hydrogens is 840 g/mol. The molecule has 5 rings (SSSR count). The number of unbranched alkanes of at least 4 members (excludes halogenated alkanes) is 1. The number of carbonyl (C=O) groups is 2. The highest BCUT2D eigenvalue weighted by molar-refractivity contribution is 5.94. The van der Waals surface area contributed by atoms with Crippen molar-refractivity contribution in [1.29, 1.82) is 0 Å². The number of nitrogens with one attached hydrogen (secondary N) is 3. The van der Waals surface area contributed by atoms with E-state index in [1.807, 2.05) is 0 Å². The second kappa shape index (κ2) is 24.1. The zero-order chi connectivity index (χ0) is 46.0. The second-order valence-electron chi connectivity index (χ2n) is 16.1. The molecular formula is C39H66N6O18. The maximum Gasteiger partial charge on any atom is 0.251 e. The van der Waals surface area contributed by atoms with Crippen LogP contribution in [0.25, 0.3) is 0 Å². The molecule has 24 nitrogen and oxygen atoms in total. The van der Waals surface area contributed by atoms with Gasteiger partial charge in [-0.05, 0) is 77.0 Å². The molecule has 0 radical (unpaired) electrons. The van der Waals surface area contributed by atoms with E-state index in [2.05, 4.69) is 16.0 Å². The van der Waals surface area contributed by atoms with Crippen LogP contribution in [0.4, 0.5) is 0 Å². The van der Waals surface area contributed by atoms with E-state index in [0.717, 1.165) is 32.4 Å². The Balaban J connectivity index is 1.16. The zero-order valence-corrected chi connectivity index (χ0v) is 35.2. The average Bonchev–Trinajstić information content (AvgIpc) is 3.56. The minimum atomic E-state index is -1.95. The number of hydrogen-bond acceptors (Lipinski definition) is 22. The van der Waals surface area contributed by atoms with Crippen LogP contribution < -0.4 is 37.9 Å². The third-order valence-corrected chi connectivity index (χ3v) is 11.3. The number of rotatable bonds is 21. The SMILES string of the molecule is CC(N)C(=O)NC1C(OC2C(CO)OC(OC3C(O)COC(OC4C(CO)OC(Oc5ccc(C(=O)NCCCNCCCCN)cc5)C4O)C3O)C(O)C2O)OC(C)C(N)C1O. The van der Waals surface area contributed by atoms with Crippen LogP contribution in [-0.4, -0.2) is 215 Å². The first kappa shape index (κ1) is 51.2. The highest BCUT2D eigenvalue weighted by Gasteiger charge is 2.54. The predicted molar refractivity (Wildman–Crippen MR) is 215 cm³/mol. The molecule has 1 aromatic rings. The average molecular weight is 907 g/mol. The summed E-state index contributed by atoms with van der Waals surface area (Å²) in [5, 5.41) is 95.6.